The SMILES string of the molecule is CS(=O)(=O)C1CSCCN1c1cc(C(N)=NO)ccn1. The number of anilines is 1. The van der Waals surface area contributed by atoms with Gasteiger partial charge in [0.2, 0.25) is 0 Å². The first-order valence-corrected chi connectivity index (χ1v) is 9.01. The van der Waals surface area contributed by atoms with Gasteiger partial charge >= 0.3 is 0 Å². The maximum Gasteiger partial charge on any atom is 0.170 e. The summed E-state index contributed by atoms with van der Waals surface area (Å²) in [4.78, 5) is 5.95. The first kappa shape index (κ1) is 14.9. The Bertz CT molecular complexity index is 618. The van der Waals surface area contributed by atoms with Gasteiger partial charge in [0.25, 0.3) is 0 Å². The van der Waals surface area contributed by atoms with Crippen molar-refractivity contribution in [3.8, 4) is 0 Å². The molecule has 0 radical (unpaired) electrons. The zero-order valence-electron chi connectivity index (χ0n) is 10.9. The molecule has 1 fully saturated rings. The third kappa shape index (κ3) is 3.15. The van der Waals surface area contributed by atoms with Crippen LogP contribution < -0.4 is 10.6 Å². The molecule has 1 atom stereocenters. The van der Waals surface area contributed by atoms with E-state index in [9.17, 15) is 8.42 Å². The number of hydrogen-bond acceptors (Lipinski definition) is 7. The van der Waals surface area contributed by atoms with Crippen LogP contribution >= 0.6 is 11.8 Å². The maximum atomic E-state index is 11.9. The number of nitrogens with two attached hydrogens (primary N) is 1. The third-order valence-corrected chi connectivity index (χ3v) is 5.67. The summed E-state index contributed by atoms with van der Waals surface area (Å²) in [7, 11) is -3.21. The molecular formula is C11H16N4O3S2. The lowest BCUT2D eigenvalue weighted by molar-refractivity contribution is 0.318. The van der Waals surface area contributed by atoms with Crippen LogP contribution in [0, 0.1) is 0 Å². The van der Waals surface area contributed by atoms with Gasteiger partial charge in [-0.1, -0.05) is 5.16 Å². The largest absolute Gasteiger partial charge is 0.409 e. The molecule has 20 heavy (non-hydrogen) atoms. The van der Waals surface area contributed by atoms with Crippen molar-refractivity contribution >= 4 is 33.3 Å². The van der Waals surface area contributed by atoms with Gasteiger partial charge in [0, 0.05) is 36.1 Å². The van der Waals surface area contributed by atoms with Crippen molar-refractivity contribution in [1.82, 2.24) is 4.98 Å². The maximum absolute atomic E-state index is 11.9. The molecule has 110 valence electrons. The Morgan fingerprint density at radius 1 is 1.65 bits per heavy atom. The monoisotopic (exact) mass is 316 g/mol. The molecule has 3 N–H and O–H groups in total. The number of rotatable bonds is 3. The molecule has 0 aromatic carbocycles. The van der Waals surface area contributed by atoms with Crippen LogP contribution in [0.4, 0.5) is 5.82 Å². The first-order chi connectivity index (χ1) is 9.43. The quantitative estimate of drug-likeness (QED) is 0.352. The molecule has 0 amide bonds. The second-order valence-electron chi connectivity index (χ2n) is 4.44. The fourth-order valence-corrected chi connectivity index (χ4v) is 4.82. The van der Waals surface area contributed by atoms with Crippen LogP contribution in [-0.4, -0.2) is 54.1 Å². The summed E-state index contributed by atoms with van der Waals surface area (Å²) in [5.74, 6) is 1.83. The third-order valence-electron chi connectivity index (χ3n) is 3.02. The number of amidine groups is 1. The number of thioether (sulfide) groups is 1. The second-order valence-corrected chi connectivity index (χ2v) is 7.79. The number of hydrogen-bond donors (Lipinski definition) is 2. The fraction of sp³-hybridized carbons (Fsp3) is 0.455. The highest BCUT2D eigenvalue weighted by atomic mass is 32.2. The molecule has 1 unspecified atom stereocenters. The minimum atomic E-state index is -3.21. The minimum Gasteiger partial charge on any atom is -0.409 e. The van der Waals surface area contributed by atoms with Crippen molar-refractivity contribution in [3.05, 3.63) is 23.9 Å². The normalized spacial score (nSPS) is 20.9. The first-order valence-electron chi connectivity index (χ1n) is 5.90. The van der Waals surface area contributed by atoms with E-state index in [0.717, 1.165) is 5.75 Å². The number of nitrogens with zero attached hydrogens (tertiary/aromatic N) is 3. The highest BCUT2D eigenvalue weighted by Gasteiger charge is 2.31. The molecule has 2 rings (SSSR count). The summed E-state index contributed by atoms with van der Waals surface area (Å²) >= 11 is 1.61. The summed E-state index contributed by atoms with van der Waals surface area (Å²) in [6, 6.07) is 3.23. The van der Waals surface area contributed by atoms with Crippen molar-refractivity contribution in [2.75, 3.05) is 29.2 Å². The predicted octanol–water partition coefficient (Wildman–Crippen LogP) is 0.1000. The van der Waals surface area contributed by atoms with Gasteiger partial charge in [0.1, 0.15) is 11.2 Å². The summed E-state index contributed by atoms with van der Waals surface area (Å²) in [6.07, 6.45) is 2.74. The Labute approximate surface area is 121 Å². The van der Waals surface area contributed by atoms with Crippen LogP contribution in [0.2, 0.25) is 0 Å². The molecule has 1 saturated heterocycles. The van der Waals surface area contributed by atoms with Gasteiger partial charge in [0.15, 0.2) is 15.7 Å². The van der Waals surface area contributed by atoms with E-state index < -0.39 is 15.2 Å². The van der Waals surface area contributed by atoms with Crippen LogP contribution in [0.15, 0.2) is 23.5 Å². The molecule has 1 aromatic rings. The van der Waals surface area contributed by atoms with E-state index in [0.29, 0.717) is 23.7 Å². The van der Waals surface area contributed by atoms with E-state index in [-0.39, 0.29) is 5.84 Å². The standard InChI is InChI=1S/C11H16N4O3S2/c1-20(17,18)10-7-19-5-4-15(10)9-6-8(2-3-13-9)11(12)14-16/h2-3,6,10,16H,4-5,7H2,1H3,(H2,12,14). The Morgan fingerprint density at radius 2 is 2.40 bits per heavy atom. The lowest BCUT2D eigenvalue weighted by atomic mass is 10.2. The van der Waals surface area contributed by atoms with Crippen LogP contribution in [-0.2, 0) is 9.84 Å². The average molecular weight is 316 g/mol. The average Bonchev–Trinajstić information content (AvgIpc) is 2.45. The number of aromatic nitrogens is 1. The molecule has 1 aromatic heterocycles. The lowest BCUT2D eigenvalue weighted by Gasteiger charge is -2.35. The molecule has 7 nitrogen and oxygen atoms in total. The summed E-state index contributed by atoms with van der Waals surface area (Å²) < 4.78 is 23.7. The van der Waals surface area contributed by atoms with Crippen molar-refractivity contribution in [3.63, 3.8) is 0 Å². The lowest BCUT2D eigenvalue weighted by Crippen LogP contribution is -2.47. The zero-order valence-corrected chi connectivity index (χ0v) is 12.6. The van der Waals surface area contributed by atoms with Gasteiger partial charge in [-0.15, -0.1) is 0 Å². The number of sulfone groups is 1. The molecule has 1 aliphatic rings. The van der Waals surface area contributed by atoms with Crippen LogP contribution in [0.5, 0.6) is 0 Å². The Balaban J connectivity index is 2.38. The number of pyridine rings is 1. The van der Waals surface area contributed by atoms with Gasteiger partial charge in [-0.25, -0.2) is 13.4 Å². The molecule has 9 heteroatoms. The van der Waals surface area contributed by atoms with Crippen molar-refractivity contribution < 1.29 is 13.6 Å². The van der Waals surface area contributed by atoms with Crippen molar-refractivity contribution in [2.24, 2.45) is 10.9 Å². The summed E-state index contributed by atoms with van der Waals surface area (Å²) in [5, 5.41) is 11.0. The zero-order chi connectivity index (χ0) is 14.8. The van der Waals surface area contributed by atoms with E-state index in [4.69, 9.17) is 10.9 Å². The van der Waals surface area contributed by atoms with Crippen LogP contribution in [0.1, 0.15) is 5.56 Å². The Hall–Kier alpha value is -1.48. The molecule has 1 aliphatic heterocycles. The van der Waals surface area contributed by atoms with Crippen molar-refractivity contribution in [2.45, 2.75) is 5.37 Å². The van der Waals surface area contributed by atoms with Gasteiger partial charge in [0.05, 0.1) is 0 Å². The summed E-state index contributed by atoms with van der Waals surface area (Å²) in [6.45, 7) is 0.592. The molecule has 0 spiro atoms. The molecule has 2 heterocycles. The Kier molecular flexibility index (Phi) is 4.39. The smallest absolute Gasteiger partial charge is 0.170 e. The fourth-order valence-electron chi connectivity index (χ4n) is 1.99. The highest BCUT2D eigenvalue weighted by Crippen LogP contribution is 2.25. The topological polar surface area (TPSA) is 109 Å². The highest BCUT2D eigenvalue weighted by molar-refractivity contribution is 8.01. The van der Waals surface area contributed by atoms with Gasteiger partial charge < -0.3 is 15.8 Å². The molecule has 0 saturated carbocycles. The second kappa shape index (κ2) is 5.88. The van der Waals surface area contributed by atoms with Crippen LogP contribution in [0.25, 0.3) is 0 Å². The summed E-state index contributed by atoms with van der Waals surface area (Å²) in [5.41, 5.74) is 6.05. The van der Waals surface area contributed by atoms with Crippen LogP contribution in [0.3, 0.4) is 0 Å². The van der Waals surface area contributed by atoms with Gasteiger partial charge in [-0.05, 0) is 12.1 Å². The predicted molar refractivity (Wildman–Crippen MR) is 80.1 cm³/mol. The van der Waals surface area contributed by atoms with Crippen molar-refractivity contribution in [1.29, 1.82) is 0 Å². The van der Waals surface area contributed by atoms with Gasteiger partial charge in [-0.3, -0.25) is 0 Å². The number of oxime groups is 1. The van der Waals surface area contributed by atoms with Gasteiger partial charge in [-0.2, -0.15) is 11.8 Å². The van der Waals surface area contributed by atoms with E-state index >= 15 is 0 Å². The van der Waals surface area contributed by atoms with E-state index in [1.165, 1.54) is 12.5 Å². The molecule has 0 aliphatic carbocycles. The minimum absolute atomic E-state index is 0.0315. The van der Waals surface area contributed by atoms with E-state index in [1.807, 2.05) is 0 Å². The van der Waals surface area contributed by atoms with E-state index in [2.05, 4.69) is 10.1 Å². The molecular weight excluding hydrogens is 300 g/mol. The van der Waals surface area contributed by atoms with E-state index in [1.54, 1.807) is 28.8 Å². The molecule has 0 bridgehead atoms. The Morgan fingerprint density at radius 3 is 3.05 bits per heavy atom.